The number of esters is 1. The summed E-state index contributed by atoms with van der Waals surface area (Å²) >= 11 is 1.14. The zero-order valence-corrected chi connectivity index (χ0v) is 15.0. The molecule has 0 saturated carbocycles. The van der Waals surface area contributed by atoms with Crippen LogP contribution in [0.15, 0.2) is 35.7 Å². The first-order valence-electron chi connectivity index (χ1n) is 7.83. The van der Waals surface area contributed by atoms with Gasteiger partial charge in [0.15, 0.2) is 5.54 Å². The number of ether oxygens (including phenoxy) is 1. The predicted molar refractivity (Wildman–Crippen MR) is 95.3 cm³/mol. The lowest BCUT2D eigenvalue weighted by atomic mass is 9.90. The number of nitrogens with two attached hydrogens (primary N) is 2. The van der Waals surface area contributed by atoms with E-state index >= 15 is 0 Å². The Kier molecular flexibility index (Phi) is 6.24. The minimum Gasteiger partial charge on any atom is -0.459 e. The van der Waals surface area contributed by atoms with Gasteiger partial charge in [0.05, 0.1) is 0 Å². The molecule has 0 radical (unpaired) electrons. The van der Waals surface area contributed by atoms with Crippen LogP contribution in [0.4, 0.5) is 0 Å². The maximum absolute atomic E-state index is 12.7. The SMILES string of the molecule is CC(C)CC(N)(C(=O)OCc1ccccc1)c1nc(C(=O)NN)cs1. The van der Waals surface area contributed by atoms with Crippen LogP contribution in [0.5, 0.6) is 0 Å². The Morgan fingerprint density at radius 1 is 1.32 bits per heavy atom. The number of aromatic nitrogens is 1. The van der Waals surface area contributed by atoms with E-state index in [2.05, 4.69) is 4.98 Å². The fourth-order valence-corrected chi connectivity index (χ4v) is 3.32. The Bertz CT molecular complexity index is 733. The van der Waals surface area contributed by atoms with E-state index < -0.39 is 17.4 Å². The highest BCUT2D eigenvalue weighted by Crippen LogP contribution is 2.30. The molecule has 0 spiro atoms. The molecule has 1 atom stereocenters. The number of carbonyl (C=O) groups excluding carboxylic acids is 2. The normalized spacial score (nSPS) is 13.3. The van der Waals surface area contributed by atoms with Gasteiger partial charge in [0.2, 0.25) is 0 Å². The lowest BCUT2D eigenvalue weighted by Crippen LogP contribution is -2.47. The van der Waals surface area contributed by atoms with E-state index in [0.717, 1.165) is 16.9 Å². The monoisotopic (exact) mass is 362 g/mol. The van der Waals surface area contributed by atoms with Crippen LogP contribution in [0, 0.1) is 5.92 Å². The van der Waals surface area contributed by atoms with Crippen LogP contribution < -0.4 is 17.0 Å². The molecule has 1 amide bonds. The second kappa shape index (κ2) is 8.19. The first kappa shape index (κ1) is 19.0. The minimum atomic E-state index is -1.42. The number of nitrogen functional groups attached to an aromatic ring is 1. The lowest BCUT2D eigenvalue weighted by Gasteiger charge is -2.26. The summed E-state index contributed by atoms with van der Waals surface area (Å²) in [6.45, 7) is 4.03. The average Bonchev–Trinajstić information content (AvgIpc) is 3.10. The van der Waals surface area contributed by atoms with E-state index in [9.17, 15) is 9.59 Å². The Balaban J connectivity index is 2.22. The summed E-state index contributed by atoms with van der Waals surface area (Å²) < 4.78 is 5.42. The van der Waals surface area contributed by atoms with Gasteiger partial charge in [-0.2, -0.15) is 0 Å². The third-order valence-electron chi connectivity index (χ3n) is 3.56. The fourth-order valence-electron chi connectivity index (χ4n) is 2.41. The highest BCUT2D eigenvalue weighted by atomic mass is 32.1. The third-order valence-corrected chi connectivity index (χ3v) is 4.58. The van der Waals surface area contributed by atoms with Gasteiger partial charge >= 0.3 is 5.97 Å². The largest absolute Gasteiger partial charge is 0.459 e. The number of rotatable bonds is 7. The van der Waals surface area contributed by atoms with Crippen LogP contribution in [0.1, 0.15) is 41.3 Å². The molecule has 7 nitrogen and oxygen atoms in total. The van der Waals surface area contributed by atoms with Gasteiger partial charge in [0.25, 0.3) is 5.91 Å². The predicted octanol–water partition coefficient (Wildman–Crippen LogP) is 1.69. The quantitative estimate of drug-likeness (QED) is 0.298. The molecular formula is C17H22N4O3S. The first-order chi connectivity index (χ1) is 11.9. The van der Waals surface area contributed by atoms with Gasteiger partial charge < -0.3 is 10.5 Å². The van der Waals surface area contributed by atoms with Crippen molar-refractivity contribution >= 4 is 23.2 Å². The molecule has 1 heterocycles. The second-order valence-corrected chi connectivity index (χ2v) is 7.00. The zero-order valence-electron chi connectivity index (χ0n) is 14.2. The number of nitrogens with one attached hydrogen (secondary N) is 1. The van der Waals surface area contributed by atoms with E-state index in [-0.39, 0.29) is 18.2 Å². The zero-order chi connectivity index (χ0) is 18.4. The van der Waals surface area contributed by atoms with Crippen LogP contribution in [0.25, 0.3) is 0 Å². The minimum absolute atomic E-state index is 0.122. The summed E-state index contributed by atoms with van der Waals surface area (Å²) in [6.07, 6.45) is 0.345. The molecular weight excluding hydrogens is 340 g/mol. The molecule has 2 rings (SSSR count). The Labute approximate surface area is 150 Å². The molecule has 5 N–H and O–H groups in total. The Morgan fingerprint density at radius 3 is 2.60 bits per heavy atom. The maximum atomic E-state index is 12.7. The molecule has 0 aliphatic carbocycles. The molecule has 1 aromatic carbocycles. The smallest absolute Gasteiger partial charge is 0.333 e. The van der Waals surface area contributed by atoms with Crippen molar-refractivity contribution in [3.05, 3.63) is 52.0 Å². The van der Waals surface area contributed by atoms with Gasteiger partial charge in [-0.1, -0.05) is 44.2 Å². The van der Waals surface area contributed by atoms with Crippen LogP contribution in [-0.2, 0) is 21.7 Å². The van der Waals surface area contributed by atoms with Gasteiger partial charge in [0, 0.05) is 5.38 Å². The summed E-state index contributed by atoms with van der Waals surface area (Å²) in [7, 11) is 0. The van der Waals surface area contributed by atoms with Gasteiger partial charge in [-0.05, 0) is 17.9 Å². The van der Waals surface area contributed by atoms with E-state index in [1.165, 1.54) is 5.38 Å². The Hall–Kier alpha value is -2.29. The fraction of sp³-hybridized carbons (Fsp3) is 0.353. The molecule has 0 bridgehead atoms. The van der Waals surface area contributed by atoms with Crippen LogP contribution in [-0.4, -0.2) is 16.9 Å². The number of benzene rings is 1. The van der Waals surface area contributed by atoms with Gasteiger partial charge in [-0.15, -0.1) is 11.3 Å². The number of amides is 1. The number of nitrogens with zero attached hydrogens (tertiary/aromatic N) is 1. The third kappa shape index (κ3) is 4.62. The van der Waals surface area contributed by atoms with Crippen LogP contribution in [0.3, 0.4) is 0 Å². The first-order valence-corrected chi connectivity index (χ1v) is 8.71. The van der Waals surface area contributed by atoms with Crippen molar-refractivity contribution in [2.24, 2.45) is 17.5 Å². The summed E-state index contributed by atoms with van der Waals surface area (Å²) in [5, 5.41) is 1.85. The molecule has 0 aliphatic heterocycles. The topological polar surface area (TPSA) is 120 Å². The van der Waals surface area contributed by atoms with Crippen molar-refractivity contribution in [1.82, 2.24) is 10.4 Å². The molecule has 8 heteroatoms. The van der Waals surface area contributed by atoms with Crippen molar-refractivity contribution in [3.8, 4) is 0 Å². The van der Waals surface area contributed by atoms with Gasteiger partial charge in [0.1, 0.15) is 17.3 Å². The molecule has 0 fully saturated rings. The lowest BCUT2D eigenvalue weighted by molar-refractivity contribution is -0.152. The molecule has 134 valence electrons. The van der Waals surface area contributed by atoms with E-state index in [1.807, 2.05) is 49.6 Å². The Morgan fingerprint density at radius 2 is 2.00 bits per heavy atom. The molecule has 1 aromatic heterocycles. The van der Waals surface area contributed by atoms with Crippen molar-refractivity contribution in [1.29, 1.82) is 0 Å². The number of carbonyl (C=O) groups is 2. The molecule has 0 saturated heterocycles. The van der Waals surface area contributed by atoms with Crippen molar-refractivity contribution in [2.45, 2.75) is 32.4 Å². The molecule has 25 heavy (non-hydrogen) atoms. The average molecular weight is 362 g/mol. The summed E-state index contributed by atoms with van der Waals surface area (Å²) in [5.41, 5.74) is 7.98. The highest BCUT2D eigenvalue weighted by molar-refractivity contribution is 7.10. The second-order valence-electron chi connectivity index (χ2n) is 6.14. The standard InChI is InChI=1S/C17H22N4O3S/c1-11(2)8-17(18,15-20-13(10-25-15)14(22)21-19)16(23)24-9-12-6-4-3-5-7-12/h3-7,10-11H,8-9,18-19H2,1-2H3,(H,21,22). The van der Waals surface area contributed by atoms with Crippen molar-refractivity contribution < 1.29 is 14.3 Å². The van der Waals surface area contributed by atoms with Crippen molar-refractivity contribution in [3.63, 3.8) is 0 Å². The number of hydrogen-bond acceptors (Lipinski definition) is 7. The summed E-state index contributed by atoms with van der Waals surface area (Å²) in [6, 6.07) is 9.34. The number of thiazole rings is 1. The van der Waals surface area contributed by atoms with E-state index in [0.29, 0.717) is 11.4 Å². The highest BCUT2D eigenvalue weighted by Gasteiger charge is 2.41. The number of hydrogen-bond donors (Lipinski definition) is 3. The van der Waals surface area contributed by atoms with Crippen molar-refractivity contribution in [2.75, 3.05) is 0 Å². The molecule has 2 aromatic rings. The maximum Gasteiger partial charge on any atom is 0.333 e. The van der Waals surface area contributed by atoms with Gasteiger partial charge in [-0.3, -0.25) is 10.2 Å². The number of hydrazine groups is 1. The molecule has 1 unspecified atom stereocenters. The van der Waals surface area contributed by atoms with E-state index in [1.54, 1.807) is 0 Å². The summed E-state index contributed by atoms with van der Waals surface area (Å²) in [5.74, 6) is 4.14. The van der Waals surface area contributed by atoms with Gasteiger partial charge in [-0.25, -0.2) is 15.6 Å². The van der Waals surface area contributed by atoms with E-state index in [4.69, 9.17) is 16.3 Å². The van der Waals surface area contributed by atoms with Crippen LogP contribution >= 0.6 is 11.3 Å². The summed E-state index contributed by atoms with van der Waals surface area (Å²) in [4.78, 5) is 28.5. The van der Waals surface area contributed by atoms with Crippen LogP contribution in [0.2, 0.25) is 0 Å². The molecule has 0 aliphatic rings.